The van der Waals surface area contributed by atoms with E-state index in [0.717, 1.165) is 6.42 Å². The van der Waals surface area contributed by atoms with Gasteiger partial charge in [-0.05, 0) is 51.3 Å². The summed E-state index contributed by atoms with van der Waals surface area (Å²) >= 11 is 0. The second-order valence-electron chi connectivity index (χ2n) is 5.30. The number of benzene rings is 1. The molecule has 1 aromatic carbocycles. The summed E-state index contributed by atoms with van der Waals surface area (Å²) in [6.45, 7) is 5.75. The standard InChI is InChI=1S/C15H24N2.CH5N/c1-13(16)15-8-5-10-17(12-15)11-9-14-6-3-2-4-7-14;1-2/h2-4,6-7,13,15H,5,8-12,16H2,1H3;2H2,1H3. The number of rotatable bonds is 4. The van der Waals surface area contributed by atoms with Crippen molar-refractivity contribution in [3.63, 3.8) is 0 Å². The molecule has 0 radical (unpaired) electrons. The third-order valence-electron chi connectivity index (χ3n) is 3.85. The summed E-state index contributed by atoms with van der Waals surface area (Å²) in [6.07, 6.45) is 3.77. The maximum atomic E-state index is 6.01. The van der Waals surface area contributed by atoms with Gasteiger partial charge in [0, 0.05) is 19.1 Å². The highest BCUT2D eigenvalue weighted by Crippen LogP contribution is 2.18. The van der Waals surface area contributed by atoms with Gasteiger partial charge in [-0.1, -0.05) is 30.3 Å². The predicted octanol–water partition coefficient (Wildman–Crippen LogP) is 1.86. The van der Waals surface area contributed by atoms with E-state index in [2.05, 4.69) is 47.9 Å². The molecular formula is C16H29N3. The Bertz CT molecular complexity index is 324. The molecule has 108 valence electrons. The van der Waals surface area contributed by atoms with E-state index in [-0.39, 0.29) is 0 Å². The van der Waals surface area contributed by atoms with Crippen LogP contribution in [0.5, 0.6) is 0 Å². The van der Waals surface area contributed by atoms with Gasteiger partial charge in [0.2, 0.25) is 0 Å². The van der Waals surface area contributed by atoms with E-state index in [1.165, 1.54) is 45.1 Å². The van der Waals surface area contributed by atoms with Gasteiger partial charge < -0.3 is 16.4 Å². The molecular weight excluding hydrogens is 234 g/mol. The molecule has 0 spiro atoms. The largest absolute Gasteiger partial charge is 0.333 e. The molecule has 0 amide bonds. The normalized spacial score (nSPS) is 21.4. The summed E-state index contributed by atoms with van der Waals surface area (Å²) in [5.74, 6) is 0.694. The number of nitrogens with zero attached hydrogens (tertiary/aromatic N) is 1. The molecule has 0 aliphatic carbocycles. The zero-order valence-corrected chi connectivity index (χ0v) is 12.4. The van der Waals surface area contributed by atoms with E-state index in [4.69, 9.17) is 5.73 Å². The summed E-state index contributed by atoms with van der Waals surface area (Å²) in [5.41, 5.74) is 12.0. The number of hydrogen-bond acceptors (Lipinski definition) is 3. The Hall–Kier alpha value is -0.900. The van der Waals surface area contributed by atoms with Gasteiger partial charge >= 0.3 is 0 Å². The van der Waals surface area contributed by atoms with Crippen LogP contribution in [0.3, 0.4) is 0 Å². The van der Waals surface area contributed by atoms with E-state index >= 15 is 0 Å². The molecule has 1 aliphatic rings. The first kappa shape index (κ1) is 16.2. The van der Waals surface area contributed by atoms with Crippen molar-refractivity contribution in [1.82, 2.24) is 4.90 Å². The Balaban J connectivity index is 0.000000861. The minimum absolute atomic E-state index is 0.342. The predicted molar refractivity (Wildman–Crippen MR) is 83.1 cm³/mol. The van der Waals surface area contributed by atoms with Crippen LogP contribution in [-0.2, 0) is 6.42 Å². The van der Waals surface area contributed by atoms with Gasteiger partial charge in [-0.25, -0.2) is 0 Å². The van der Waals surface area contributed by atoms with Crippen LogP contribution in [0.4, 0.5) is 0 Å². The van der Waals surface area contributed by atoms with Crippen LogP contribution in [0, 0.1) is 5.92 Å². The van der Waals surface area contributed by atoms with E-state index in [1.807, 2.05) is 0 Å². The molecule has 2 rings (SSSR count). The Morgan fingerprint density at radius 2 is 1.95 bits per heavy atom. The maximum absolute atomic E-state index is 6.01. The molecule has 3 nitrogen and oxygen atoms in total. The summed E-state index contributed by atoms with van der Waals surface area (Å²) in [7, 11) is 1.50. The Morgan fingerprint density at radius 1 is 1.26 bits per heavy atom. The quantitative estimate of drug-likeness (QED) is 0.872. The second-order valence-corrected chi connectivity index (χ2v) is 5.30. The lowest BCUT2D eigenvalue weighted by atomic mass is 9.92. The molecule has 0 saturated carbocycles. The molecule has 1 saturated heterocycles. The van der Waals surface area contributed by atoms with Gasteiger partial charge in [-0.3, -0.25) is 0 Å². The Morgan fingerprint density at radius 3 is 2.58 bits per heavy atom. The van der Waals surface area contributed by atoms with Gasteiger partial charge in [0.25, 0.3) is 0 Å². The number of likely N-dealkylation sites (tertiary alicyclic amines) is 1. The summed E-state index contributed by atoms with van der Waals surface area (Å²) in [5, 5.41) is 0. The fourth-order valence-corrected chi connectivity index (χ4v) is 2.66. The van der Waals surface area contributed by atoms with Crippen LogP contribution >= 0.6 is 0 Å². The minimum atomic E-state index is 0.342. The topological polar surface area (TPSA) is 55.3 Å². The van der Waals surface area contributed by atoms with Crippen LogP contribution in [0.2, 0.25) is 0 Å². The lowest BCUT2D eigenvalue weighted by Crippen LogP contribution is -2.43. The monoisotopic (exact) mass is 263 g/mol. The maximum Gasteiger partial charge on any atom is 0.00509 e. The van der Waals surface area contributed by atoms with Crippen molar-refractivity contribution in [2.24, 2.45) is 17.4 Å². The van der Waals surface area contributed by atoms with Gasteiger partial charge in [-0.2, -0.15) is 0 Å². The van der Waals surface area contributed by atoms with Crippen LogP contribution in [-0.4, -0.2) is 37.6 Å². The highest BCUT2D eigenvalue weighted by Gasteiger charge is 2.22. The van der Waals surface area contributed by atoms with Crippen LogP contribution in [0.25, 0.3) is 0 Å². The lowest BCUT2D eigenvalue weighted by Gasteiger charge is -2.34. The lowest BCUT2D eigenvalue weighted by molar-refractivity contribution is 0.163. The van der Waals surface area contributed by atoms with Crippen molar-refractivity contribution in [3.05, 3.63) is 35.9 Å². The molecule has 19 heavy (non-hydrogen) atoms. The molecule has 1 fully saturated rings. The SMILES string of the molecule is CC(N)C1CCCN(CCc2ccccc2)C1.CN. The molecule has 1 heterocycles. The summed E-state index contributed by atoms with van der Waals surface area (Å²) in [6, 6.07) is 11.1. The smallest absolute Gasteiger partial charge is 0.00509 e. The number of piperidine rings is 1. The molecule has 2 atom stereocenters. The average Bonchev–Trinajstić information content (AvgIpc) is 2.48. The van der Waals surface area contributed by atoms with Crippen molar-refractivity contribution < 1.29 is 0 Å². The van der Waals surface area contributed by atoms with Crippen LogP contribution < -0.4 is 11.5 Å². The summed E-state index contributed by atoms with van der Waals surface area (Å²) < 4.78 is 0. The zero-order valence-electron chi connectivity index (χ0n) is 12.4. The fourth-order valence-electron chi connectivity index (χ4n) is 2.66. The third-order valence-corrected chi connectivity index (χ3v) is 3.85. The Labute approximate surface area is 118 Å². The molecule has 3 heteroatoms. The molecule has 0 bridgehead atoms. The van der Waals surface area contributed by atoms with Gasteiger partial charge in [0.15, 0.2) is 0 Å². The van der Waals surface area contributed by atoms with E-state index in [0.29, 0.717) is 12.0 Å². The van der Waals surface area contributed by atoms with E-state index in [9.17, 15) is 0 Å². The summed E-state index contributed by atoms with van der Waals surface area (Å²) in [4.78, 5) is 2.57. The molecule has 1 aliphatic heterocycles. The van der Waals surface area contributed by atoms with Gasteiger partial charge in [0.05, 0.1) is 0 Å². The number of nitrogens with two attached hydrogens (primary N) is 2. The van der Waals surface area contributed by atoms with Crippen LogP contribution in [0.15, 0.2) is 30.3 Å². The Kier molecular flexibility index (Phi) is 7.72. The van der Waals surface area contributed by atoms with Gasteiger partial charge in [0.1, 0.15) is 0 Å². The first-order valence-electron chi connectivity index (χ1n) is 7.35. The highest BCUT2D eigenvalue weighted by molar-refractivity contribution is 5.14. The molecule has 4 N–H and O–H groups in total. The minimum Gasteiger partial charge on any atom is -0.333 e. The molecule has 1 aromatic rings. The molecule has 0 aromatic heterocycles. The highest BCUT2D eigenvalue weighted by atomic mass is 15.1. The van der Waals surface area contributed by atoms with Crippen molar-refractivity contribution >= 4 is 0 Å². The van der Waals surface area contributed by atoms with E-state index in [1.54, 1.807) is 0 Å². The fraction of sp³-hybridized carbons (Fsp3) is 0.625. The third kappa shape index (κ3) is 5.72. The number of hydrogen-bond donors (Lipinski definition) is 2. The van der Waals surface area contributed by atoms with Crippen molar-refractivity contribution in [3.8, 4) is 0 Å². The zero-order chi connectivity index (χ0) is 14.1. The van der Waals surface area contributed by atoms with Crippen molar-refractivity contribution in [1.29, 1.82) is 0 Å². The average molecular weight is 263 g/mol. The van der Waals surface area contributed by atoms with E-state index < -0.39 is 0 Å². The molecule has 2 unspecified atom stereocenters. The first-order valence-corrected chi connectivity index (χ1v) is 7.35. The van der Waals surface area contributed by atoms with Crippen LogP contribution in [0.1, 0.15) is 25.3 Å². The van der Waals surface area contributed by atoms with Crippen molar-refractivity contribution in [2.75, 3.05) is 26.7 Å². The second kappa shape index (κ2) is 9.08. The van der Waals surface area contributed by atoms with Gasteiger partial charge in [-0.15, -0.1) is 0 Å². The van der Waals surface area contributed by atoms with Crippen molar-refractivity contribution in [2.45, 2.75) is 32.2 Å². The first-order chi connectivity index (χ1) is 9.25.